The fourth-order valence-electron chi connectivity index (χ4n) is 2.09. The highest BCUT2D eigenvalue weighted by molar-refractivity contribution is 5.92. The summed E-state index contributed by atoms with van der Waals surface area (Å²) in [7, 11) is 1.82. The van der Waals surface area contributed by atoms with Crippen LogP contribution in [0.4, 0.5) is 5.69 Å². The van der Waals surface area contributed by atoms with Crippen LogP contribution in [0.5, 0.6) is 0 Å². The summed E-state index contributed by atoms with van der Waals surface area (Å²) in [6.45, 7) is 4.54. The maximum absolute atomic E-state index is 12.0. The molecule has 6 nitrogen and oxygen atoms in total. The van der Waals surface area contributed by atoms with E-state index >= 15 is 0 Å². The van der Waals surface area contributed by atoms with Gasteiger partial charge in [-0.05, 0) is 25.6 Å². The number of pyridine rings is 1. The number of nitrogens with zero attached hydrogens (tertiary/aromatic N) is 2. The summed E-state index contributed by atoms with van der Waals surface area (Å²) in [6, 6.07) is 5.13. The van der Waals surface area contributed by atoms with Gasteiger partial charge >= 0.3 is 0 Å². The monoisotopic (exact) mass is 276 g/mol. The maximum atomic E-state index is 12.0. The zero-order valence-electron chi connectivity index (χ0n) is 12.0. The Bertz CT molecular complexity index is 547. The lowest BCUT2D eigenvalue weighted by Gasteiger charge is -2.11. The van der Waals surface area contributed by atoms with Crippen LogP contribution in [0.1, 0.15) is 20.3 Å². The Kier molecular flexibility index (Phi) is 5.94. The van der Waals surface area contributed by atoms with Crippen molar-refractivity contribution in [3.05, 3.63) is 28.7 Å². The molecule has 1 amide bonds. The van der Waals surface area contributed by atoms with Crippen LogP contribution in [0.25, 0.3) is 0 Å². The van der Waals surface area contributed by atoms with E-state index in [1.54, 1.807) is 12.1 Å². The van der Waals surface area contributed by atoms with Crippen LogP contribution in [-0.2, 0) is 4.79 Å². The molecule has 1 fully saturated rings. The summed E-state index contributed by atoms with van der Waals surface area (Å²) < 4.78 is 0. The van der Waals surface area contributed by atoms with Crippen molar-refractivity contribution in [1.82, 2.24) is 9.88 Å². The van der Waals surface area contributed by atoms with E-state index in [0.29, 0.717) is 13.0 Å². The van der Waals surface area contributed by atoms with E-state index in [-0.39, 0.29) is 29.1 Å². The SMILES string of the molecule is CC.CN1CC(C(=O)Nc2ccc[nH]c2=O)CC1C#N. The molecule has 0 bridgehead atoms. The zero-order chi connectivity index (χ0) is 15.1. The average molecular weight is 276 g/mol. The van der Waals surface area contributed by atoms with E-state index in [2.05, 4.69) is 16.4 Å². The fourth-order valence-corrected chi connectivity index (χ4v) is 2.09. The number of amides is 1. The highest BCUT2D eigenvalue weighted by Crippen LogP contribution is 2.22. The number of rotatable bonds is 2. The molecule has 0 spiro atoms. The molecule has 6 heteroatoms. The molecule has 1 aromatic rings. The van der Waals surface area contributed by atoms with E-state index < -0.39 is 0 Å². The molecule has 0 aliphatic carbocycles. The van der Waals surface area contributed by atoms with Crippen LogP contribution in [-0.4, -0.2) is 35.4 Å². The first-order valence-corrected chi connectivity index (χ1v) is 6.70. The molecule has 1 aliphatic heterocycles. The molecule has 1 saturated heterocycles. The van der Waals surface area contributed by atoms with Gasteiger partial charge in [-0.15, -0.1) is 0 Å². The third-order valence-corrected chi connectivity index (χ3v) is 3.14. The van der Waals surface area contributed by atoms with Gasteiger partial charge in [0.25, 0.3) is 5.56 Å². The van der Waals surface area contributed by atoms with Crippen molar-refractivity contribution < 1.29 is 4.79 Å². The van der Waals surface area contributed by atoms with Crippen molar-refractivity contribution >= 4 is 11.6 Å². The number of aromatic amines is 1. The Labute approximate surface area is 118 Å². The first-order chi connectivity index (χ1) is 9.61. The van der Waals surface area contributed by atoms with Crippen molar-refractivity contribution in [3.8, 4) is 6.07 Å². The van der Waals surface area contributed by atoms with Crippen molar-refractivity contribution in [3.63, 3.8) is 0 Å². The zero-order valence-corrected chi connectivity index (χ0v) is 12.0. The Morgan fingerprint density at radius 1 is 1.55 bits per heavy atom. The first-order valence-electron chi connectivity index (χ1n) is 6.70. The number of aromatic nitrogens is 1. The molecule has 2 N–H and O–H groups in total. The minimum Gasteiger partial charge on any atom is -0.327 e. The smallest absolute Gasteiger partial charge is 0.271 e. The Morgan fingerprint density at radius 3 is 2.80 bits per heavy atom. The molecule has 2 rings (SSSR count). The van der Waals surface area contributed by atoms with Gasteiger partial charge in [-0.3, -0.25) is 14.5 Å². The van der Waals surface area contributed by atoms with Gasteiger partial charge in [0.05, 0.1) is 18.0 Å². The van der Waals surface area contributed by atoms with E-state index in [1.165, 1.54) is 6.20 Å². The minimum atomic E-state index is -0.325. The normalized spacial score (nSPS) is 21.5. The molecule has 2 unspecified atom stereocenters. The molecule has 0 saturated carbocycles. The number of likely N-dealkylation sites (tertiary alicyclic amines) is 1. The Balaban J connectivity index is 0.000000956. The molecule has 20 heavy (non-hydrogen) atoms. The number of nitrogens with one attached hydrogen (secondary N) is 2. The van der Waals surface area contributed by atoms with Crippen molar-refractivity contribution in [2.75, 3.05) is 18.9 Å². The van der Waals surface area contributed by atoms with Crippen molar-refractivity contribution in [2.24, 2.45) is 5.92 Å². The molecular formula is C14H20N4O2. The highest BCUT2D eigenvalue weighted by atomic mass is 16.2. The summed E-state index contributed by atoms with van der Waals surface area (Å²) >= 11 is 0. The van der Waals surface area contributed by atoms with Gasteiger partial charge in [0.2, 0.25) is 5.91 Å². The summed E-state index contributed by atoms with van der Waals surface area (Å²) in [5.41, 5.74) is -0.0837. The largest absolute Gasteiger partial charge is 0.327 e. The third-order valence-electron chi connectivity index (χ3n) is 3.14. The highest BCUT2D eigenvalue weighted by Gasteiger charge is 2.34. The van der Waals surface area contributed by atoms with E-state index in [4.69, 9.17) is 5.26 Å². The standard InChI is InChI=1S/C12H14N4O2.C2H6/c1-16-7-8(5-9(16)6-13)11(17)15-10-3-2-4-14-12(10)18;1-2/h2-4,8-9H,5,7H2,1H3,(H,14,18)(H,15,17);1-2H3. The molecular weight excluding hydrogens is 256 g/mol. The average Bonchev–Trinajstić information content (AvgIpc) is 2.85. The molecule has 0 radical (unpaired) electrons. The quantitative estimate of drug-likeness (QED) is 0.849. The van der Waals surface area contributed by atoms with Crippen LogP contribution in [0.2, 0.25) is 0 Å². The van der Waals surface area contributed by atoms with Crippen LogP contribution < -0.4 is 10.9 Å². The molecule has 2 heterocycles. The van der Waals surface area contributed by atoms with E-state index in [9.17, 15) is 9.59 Å². The summed E-state index contributed by atoms with van der Waals surface area (Å²) in [5.74, 6) is -0.462. The van der Waals surface area contributed by atoms with E-state index in [1.807, 2.05) is 25.8 Å². The second-order valence-electron chi connectivity index (χ2n) is 4.42. The van der Waals surface area contributed by atoms with Crippen LogP contribution in [0.15, 0.2) is 23.1 Å². The Hall–Kier alpha value is -2.13. The predicted octanol–water partition coefficient (Wildman–Crippen LogP) is 1.18. The molecule has 1 aromatic heterocycles. The summed E-state index contributed by atoms with van der Waals surface area (Å²) in [5, 5.41) is 11.5. The van der Waals surface area contributed by atoms with Crippen LogP contribution >= 0.6 is 0 Å². The van der Waals surface area contributed by atoms with Gasteiger partial charge in [-0.1, -0.05) is 13.8 Å². The van der Waals surface area contributed by atoms with Crippen LogP contribution in [0, 0.1) is 17.2 Å². The molecule has 108 valence electrons. The number of hydrogen-bond donors (Lipinski definition) is 2. The van der Waals surface area contributed by atoms with E-state index in [0.717, 1.165) is 0 Å². The lowest BCUT2D eigenvalue weighted by molar-refractivity contribution is -0.119. The van der Waals surface area contributed by atoms with Crippen molar-refractivity contribution in [1.29, 1.82) is 5.26 Å². The van der Waals surface area contributed by atoms with Gasteiger partial charge in [0.1, 0.15) is 5.69 Å². The number of carbonyl (C=O) groups is 1. The third kappa shape index (κ3) is 3.68. The lowest BCUT2D eigenvalue weighted by atomic mass is 10.1. The number of nitriles is 1. The van der Waals surface area contributed by atoms with Gasteiger partial charge < -0.3 is 10.3 Å². The molecule has 0 aromatic carbocycles. The van der Waals surface area contributed by atoms with Crippen molar-refractivity contribution in [2.45, 2.75) is 26.3 Å². The predicted molar refractivity (Wildman–Crippen MR) is 77.2 cm³/mol. The second kappa shape index (κ2) is 7.46. The molecule has 2 atom stereocenters. The summed E-state index contributed by atoms with van der Waals surface area (Å²) in [4.78, 5) is 27.7. The molecule has 1 aliphatic rings. The van der Waals surface area contributed by atoms with Gasteiger partial charge in [-0.25, -0.2) is 0 Å². The van der Waals surface area contributed by atoms with Crippen LogP contribution in [0.3, 0.4) is 0 Å². The summed E-state index contributed by atoms with van der Waals surface area (Å²) in [6.07, 6.45) is 2.01. The number of carbonyl (C=O) groups excluding carboxylic acids is 1. The second-order valence-corrected chi connectivity index (χ2v) is 4.42. The van der Waals surface area contributed by atoms with Gasteiger partial charge in [0, 0.05) is 12.7 Å². The minimum absolute atomic E-state index is 0.212. The number of hydrogen-bond acceptors (Lipinski definition) is 4. The topological polar surface area (TPSA) is 89.0 Å². The number of H-pyrrole nitrogens is 1. The lowest BCUT2D eigenvalue weighted by Crippen LogP contribution is -2.28. The Morgan fingerprint density at radius 2 is 2.25 bits per heavy atom. The number of anilines is 1. The fraction of sp³-hybridized carbons (Fsp3) is 0.500. The van der Waals surface area contributed by atoms with Gasteiger partial charge in [0.15, 0.2) is 0 Å². The first kappa shape index (κ1) is 15.9. The maximum Gasteiger partial charge on any atom is 0.271 e. The van der Waals surface area contributed by atoms with Gasteiger partial charge in [-0.2, -0.15) is 5.26 Å².